The van der Waals surface area contributed by atoms with Gasteiger partial charge in [0.1, 0.15) is 5.75 Å². The molecule has 0 spiro atoms. The second-order valence-electron chi connectivity index (χ2n) is 5.75. The second-order valence-corrected chi connectivity index (χ2v) is 5.75. The average molecular weight is 261 g/mol. The zero-order valence-corrected chi connectivity index (χ0v) is 12.3. The van der Waals surface area contributed by atoms with Crippen LogP contribution in [0.2, 0.25) is 0 Å². The van der Waals surface area contributed by atoms with Crippen LogP contribution in [0, 0.1) is 5.92 Å². The van der Waals surface area contributed by atoms with Crippen molar-refractivity contribution >= 4 is 0 Å². The van der Waals surface area contributed by atoms with Gasteiger partial charge in [0.2, 0.25) is 0 Å². The van der Waals surface area contributed by atoms with E-state index in [0.717, 1.165) is 5.75 Å². The zero-order valence-electron chi connectivity index (χ0n) is 12.3. The molecule has 1 aromatic rings. The Labute approximate surface area is 117 Å². The molecule has 1 unspecified atom stereocenters. The highest BCUT2D eigenvalue weighted by Gasteiger charge is 2.24. The van der Waals surface area contributed by atoms with Gasteiger partial charge in [-0.15, -0.1) is 0 Å². The molecule has 0 bridgehead atoms. The lowest BCUT2D eigenvalue weighted by Gasteiger charge is -2.24. The van der Waals surface area contributed by atoms with Gasteiger partial charge in [0.15, 0.2) is 0 Å². The molecule has 0 aromatic heterocycles. The van der Waals surface area contributed by atoms with Crippen LogP contribution in [0.4, 0.5) is 0 Å². The van der Waals surface area contributed by atoms with E-state index in [9.17, 15) is 0 Å². The lowest BCUT2D eigenvalue weighted by atomic mass is 9.87. The van der Waals surface area contributed by atoms with Crippen molar-refractivity contribution in [3.63, 3.8) is 0 Å². The second kappa shape index (κ2) is 6.95. The van der Waals surface area contributed by atoms with Crippen LogP contribution in [-0.4, -0.2) is 6.10 Å². The standard InChI is InChI=1S/C17H27NO/c1-3-6-13(7-4-2)17(18)14-8-5-9-16(12-14)19-15-10-11-15/h5,8-9,12-13,15,17H,3-4,6-7,10-11,18H2,1-2H3. The predicted octanol–water partition coefficient (Wildman–Crippen LogP) is 4.44. The van der Waals surface area contributed by atoms with Crippen molar-refractivity contribution in [3.8, 4) is 5.75 Å². The SMILES string of the molecule is CCCC(CCC)C(N)c1cccc(OC2CC2)c1. The molecule has 2 rings (SSSR count). The van der Waals surface area contributed by atoms with Gasteiger partial charge < -0.3 is 10.5 Å². The Morgan fingerprint density at radius 1 is 1.21 bits per heavy atom. The number of ether oxygens (including phenoxy) is 1. The molecule has 2 heteroatoms. The van der Waals surface area contributed by atoms with Crippen LogP contribution >= 0.6 is 0 Å². The fourth-order valence-electron chi connectivity index (χ4n) is 2.69. The number of nitrogens with two attached hydrogens (primary N) is 1. The molecule has 1 atom stereocenters. The van der Waals surface area contributed by atoms with Crippen molar-refractivity contribution in [2.45, 2.75) is 64.5 Å². The summed E-state index contributed by atoms with van der Waals surface area (Å²) in [6.07, 6.45) is 7.68. The van der Waals surface area contributed by atoms with E-state index < -0.39 is 0 Å². The van der Waals surface area contributed by atoms with Gasteiger partial charge in [-0.1, -0.05) is 38.8 Å². The Hall–Kier alpha value is -1.02. The van der Waals surface area contributed by atoms with Crippen LogP contribution in [0.25, 0.3) is 0 Å². The van der Waals surface area contributed by atoms with Crippen molar-refractivity contribution in [2.75, 3.05) is 0 Å². The van der Waals surface area contributed by atoms with Crippen LogP contribution in [0.15, 0.2) is 24.3 Å². The first-order valence-corrected chi connectivity index (χ1v) is 7.76. The van der Waals surface area contributed by atoms with Crippen molar-refractivity contribution < 1.29 is 4.74 Å². The highest BCUT2D eigenvalue weighted by molar-refractivity contribution is 5.31. The largest absolute Gasteiger partial charge is 0.490 e. The third-order valence-electron chi connectivity index (χ3n) is 3.90. The van der Waals surface area contributed by atoms with Crippen molar-refractivity contribution in [3.05, 3.63) is 29.8 Å². The summed E-state index contributed by atoms with van der Waals surface area (Å²) < 4.78 is 5.86. The van der Waals surface area contributed by atoms with Gasteiger partial charge in [-0.3, -0.25) is 0 Å². The number of hydrogen-bond acceptors (Lipinski definition) is 2. The summed E-state index contributed by atoms with van der Waals surface area (Å²) in [5, 5.41) is 0. The molecule has 1 saturated carbocycles. The Morgan fingerprint density at radius 3 is 2.47 bits per heavy atom. The molecule has 1 aromatic carbocycles. The summed E-state index contributed by atoms with van der Waals surface area (Å²) in [5.74, 6) is 1.58. The van der Waals surface area contributed by atoms with E-state index in [0.29, 0.717) is 12.0 Å². The van der Waals surface area contributed by atoms with E-state index in [1.54, 1.807) is 0 Å². The lowest BCUT2D eigenvalue weighted by Crippen LogP contribution is -2.21. The molecular weight excluding hydrogens is 234 g/mol. The first-order valence-electron chi connectivity index (χ1n) is 7.76. The molecule has 0 saturated heterocycles. The first-order chi connectivity index (χ1) is 9.24. The maximum Gasteiger partial charge on any atom is 0.120 e. The molecule has 19 heavy (non-hydrogen) atoms. The van der Waals surface area contributed by atoms with E-state index in [1.165, 1.54) is 44.1 Å². The summed E-state index contributed by atoms with van der Waals surface area (Å²) >= 11 is 0. The molecule has 0 aliphatic heterocycles. The average Bonchev–Trinajstić information content (AvgIpc) is 3.22. The normalized spacial score (nSPS) is 16.6. The van der Waals surface area contributed by atoms with Gasteiger partial charge in [0, 0.05) is 6.04 Å². The summed E-state index contributed by atoms with van der Waals surface area (Å²) in [4.78, 5) is 0. The lowest BCUT2D eigenvalue weighted by molar-refractivity contribution is 0.301. The molecule has 2 nitrogen and oxygen atoms in total. The van der Waals surface area contributed by atoms with E-state index >= 15 is 0 Å². The first kappa shape index (κ1) is 14.4. The summed E-state index contributed by atoms with van der Waals surface area (Å²) in [7, 11) is 0. The minimum atomic E-state index is 0.141. The van der Waals surface area contributed by atoms with Gasteiger partial charge in [-0.2, -0.15) is 0 Å². The van der Waals surface area contributed by atoms with Crippen molar-refractivity contribution in [1.29, 1.82) is 0 Å². The van der Waals surface area contributed by atoms with Gasteiger partial charge in [-0.05, 0) is 49.3 Å². The summed E-state index contributed by atoms with van der Waals surface area (Å²) in [6, 6.07) is 8.54. The minimum Gasteiger partial charge on any atom is -0.490 e. The Morgan fingerprint density at radius 2 is 1.89 bits per heavy atom. The van der Waals surface area contributed by atoms with Crippen LogP contribution in [0.5, 0.6) is 5.75 Å². The van der Waals surface area contributed by atoms with Crippen LogP contribution in [0.3, 0.4) is 0 Å². The van der Waals surface area contributed by atoms with Gasteiger partial charge in [0.05, 0.1) is 6.10 Å². The fraction of sp³-hybridized carbons (Fsp3) is 0.647. The van der Waals surface area contributed by atoms with Crippen molar-refractivity contribution in [1.82, 2.24) is 0 Å². The zero-order chi connectivity index (χ0) is 13.7. The highest BCUT2D eigenvalue weighted by Crippen LogP contribution is 2.31. The Bertz CT molecular complexity index is 381. The molecule has 2 N–H and O–H groups in total. The third kappa shape index (κ3) is 4.24. The maximum absolute atomic E-state index is 6.47. The molecular formula is C17H27NO. The van der Waals surface area contributed by atoms with Crippen LogP contribution in [-0.2, 0) is 0 Å². The molecule has 0 heterocycles. The number of hydrogen-bond donors (Lipinski definition) is 1. The monoisotopic (exact) mass is 261 g/mol. The van der Waals surface area contributed by atoms with E-state index in [4.69, 9.17) is 10.5 Å². The minimum absolute atomic E-state index is 0.141. The van der Waals surface area contributed by atoms with Crippen LogP contribution < -0.4 is 10.5 Å². The third-order valence-corrected chi connectivity index (χ3v) is 3.90. The summed E-state index contributed by atoms with van der Waals surface area (Å²) in [6.45, 7) is 4.48. The topological polar surface area (TPSA) is 35.2 Å². The molecule has 0 amide bonds. The molecule has 1 fully saturated rings. The van der Waals surface area contributed by atoms with E-state index in [1.807, 2.05) is 6.07 Å². The predicted molar refractivity (Wildman–Crippen MR) is 80.3 cm³/mol. The molecule has 0 radical (unpaired) electrons. The van der Waals surface area contributed by atoms with Gasteiger partial charge >= 0.3 is 0 Å². The Kier molecular flexibility index (Phi) is 5.26. The summed E-state index contributed by atoms with van der Waals surface area (Å²) in [5.41, 5.74) is 7.70. The maximum atomic E-state index is 6.47. The number of rotatable bonds is 8. The fourth-order valence-corrected chi connectivity index (χ4v) is 2.69. The quantitative estimate of drug-likeness (QED) is 0.750. The Balaban J connectivity index is 2.04. The molecule has 106 valence electrons. The smallest absolute Gasteiger partial charge is 0.120 e. The number of benzene rings is 1. The molecule has 1 aliphatic rings. The van der Waals surface area contributed by atoms with Crippen molar-refractivity contribution in [2.24, 2.45) is 11.7 Å². The highest BCUT2D eigenvalue weighted by atomic mass is 16.5. The van der Waals surface area contributed by atoms with Gasteiger partial charge in [-0.25, -0.2) is 0 Å². The van der Waals surface area contributed by atoms with E-state index in [-0.39, 0.29) is 6.04 Å². The van der Waals surface area contributed by atoms with Gasteiger partial charge in [0.25, 0.3) is 0 Å². The van der Waals surface area contributed by atoms with E-state index in [2.05, 4.69) is 32.0 Å². The van der Waals surface area contributed by atoms with Crippen LogP contribution in [0.1, 0.15) is 64.0 Å². The molecule has 1 aliphatic carbocycles.